The molecule has 0 aliphatic heterocycles. The van der Waals surface area contributed by atoms with Gasteiger partial charge in [0, 0.05) is 12.8 Å². The van der Waals surface area contributed by atoms with Crippen molar-refractivity contribution >= 4 is 13.3 Å². The summed E-state index contributed by atoms with van der Waals surface area (Å²) in [5.74, 6) is 0.343. The standard InChI is InChI=1S/C5H10O.BF3/c1-3-5(6)4-2;2-1(3)4/h3-4H2,1-2H3;. The SMILES string of the molecule is CCC(=O)CC.FB(F)F. The van der Waals surface area contributed by atoms with Crippen LogP contribution in [0.4, 0.5) is 12.9 Å². The van der Waals surface area contributed by atoms with Gasteiger partial charge in [0.2, 0.25) is 0 Å². The maximum absolute atomic E-state index is 10.2. The van der Waals surface area contributed by atoms with Crippen molar-refractivity contribution in [3.05, 3.63) is 0 Å². The van der Waals surface area contributed by atoms with Crippen LogP contribution in [0.5, 0.6) is 0 Å². The summed E-state index contributed by atoms with van der Waals surface area (Å²) >= 11 is 0. The van der Waals surface area contributed by atoms with Crippen molar-refractivity contribution in [3.63, 3.8) is 0 Å². The topological polar surface area (TPSA) is 17.1 Å². The number of Topliss-reactive ketones (excluding diaryl/α,β-unsaturated/α-hetero) is 1. The van der Waals surface area contributed by atoms with Crippen LogP contribution in [0, 0.1) is 0 Å². The summed E-state index contributed by atoms with van der Waals surface area (Å²) < 4.78 is 29.0. The third kappa shape index (κ3) is 25.8. The second-order valence-corrected chi connectivity index (χ2v) is 1.49. The molecule has 0 amide bonds. The quantitative estimate of drug-likeness (QED) is 0.557. The summed E-state index contributed by atoms with van der Waals surface area (Å²) in [6.07, 6.45) is 1.38. The van der Waals surface area contributed by atoms with Gasteiger partial charge in [0.05, 0.1) is 0 Å². The van der Waals surface area contributed by atoms with Crippen molar-refractivity contribution in [2.75, 3.05) is 0 Å². The highest BCUT2D eigenvalue weighted by Crippen LogP contribution is 1.83. The molecule has 0 aromatic rings. The van der Waals surface area contributed by atoms with E-state index >= 15 is 0 Å². The molecule has 5 heteroatoms. The van der Waals surface area contributed by atoms with Gasteiger partial charge in [-0.1, -0.05) is 13.8 Å². The first kappa shape index (κ1) is 12.2. The van der Waals surface area contributed by atoms with E-state index in [9.17, 15) is 17.7 Å². The molecule has 0 N–H and O–H groups in total. The lowest BCUT2D eigenvalue weighted by molar-refractivity contribution is -0.118. The Hall–Kier alpha value is -0.475. The van der Waals surface area contributed by atoms with E-state index in [1.54, 1.807) is 0 Å². The summed E-state index contributed by atoms with van der Waals surface area (Å²) in [5.41, 5.74) is 0. The lowest BCUT2D eigenvalue weighted by Crippen LogP contribution is -1.88. The Labute approximate surface area is 58.8 Å². The molecule has 0 saturated heterocycles. The molecule has 0 aromatic heterocycles. The molecule has 0 saturated carbocycles. The summed E-state index contributed by atoms with van der Waals surface area (Å²) in [6, 6.07) is 0. The van der Waals surface area contributed by atoms with Crippen LogP contribution < -0.4 is 0 Å². The molecule has 1 nitrogen and oxygen atoms in total. The van der Waals surface area contributed by atoms with Crippen molar-refractivity contribution in [2.24, 2.45) is 0 Å². The highest BCUT2D eigenvalue weighted by Gasteiger charge is 2.06. The van der Waals surface area contributed by atoms with Crippen LogP contribution >= 0.6 is 0 Å². The molecule has 0 aliphatic carbocycles. The van der Waals surface area contributed by atoms with E-state index in [1.165, 1.54) is 0 Å². The summed E-state index contributed by atoms with van der Waals surface area (Å²) in [4.78, 5) is 10.2. The first-order valence-corrected chi connectivity index (χ1v) is 2.98. The first-order valence-electron chi connectivity index (χ1n) is 2.98. The largest absolute Gasteiger partial charge is 0.762 e. The number of halogens is 3. The van der Waals surface area contributed by atoms with Crippen LogP contribution in [0.15, 0.2) is 0 Å². The molecule has 0 heterocycles. The van der Waals surface area contributed by atoms with Gasteiger partial charge in [-0.05, 0) is 0 Å². The van der Waals surface area contributed by atoms with E-state index in [2.05, 4.69) is 0 Å². The van der Waals surface area contributed by atoms with Gasteiger partial charge in [-0.3, -0.25) is 17.7 Å². The molecule has 0 unspecified atom stereocenters. The lowest BCUT2D eigenvalue weighted by atomic mass is 10.3. The van der Waals surface area contributed by atoms with Gasteiger partial charge < -0.3 is 0 Å². The van der Waals surface area contributed by atoms with E-state index < -0.39 is 7.54 Å². The van der Waals surface area contributed by atoms with Crippen molar-refractivity contribution < 1.29 is 17.7 Å². The fourth-order valence-corrected chi connectivity index (χ4v) is 0.250. The summed E-state index contributed by atoms with van der Waals surface area (Å²) in [7, 11) is -3.67. The van der Waals surface area contributed by atoms with Crippen molar-refractivity contribution in [2.45, 2.75) is 26.7 Å². The van der Waals surface area contributed by atoms with E-state index in [0.717, 1.165) is 0 Å². The molecule has 0 atom stereocenters. The Kier molecular flexibility index (Phi) is 10.4. The van der Waals surface area contributed by atoms with Gasteiger partial charge in [0.1, 0.15) is 5.78 Å². The van der Waals surface area contributed by atoms with Crippen LogP contribution in [-0.2, 0) is 4.79 Å². The van der Waals surface area contributed by atoms with Crippen LogP contribution in [0.25, 0.3) is 0 Å². The van der Waals surface area contributed by atoms with Gasteiger partial charge in [-0.25, -0.2) is 0 Å². The molecule has 0 fully saturated rings. The smallest absolute Gasteiger partial charge is 0.300 e. The Bertz CT molecular complexity index is 78.2. The Balaban J connectivity index is 0. The number of hydrogen-bond acceptors (Lipinski definition) is 1. The summed E-state index contributed by atoms with van der Waals surface area (Å²) in [6.45, 7) is 3.76. The fourth-order valence-electron chi connectivity index (χ4n) is 0.250. The second kappa shape index (κ2) is 8.52. The zero-order chi connectivity index (χ0) is 8.57. The first-order chi connectivity index (χ1) is 4.54. The molecular formula is C5H10BF3O. The number of carbonyl (C=O) groups is 1. The molecule has 0 rings (SSSR count). The average molecular weight is 154 g/mol. The van der Waals surface area contributed by atoms with Gasteiger partial charge in [0.15, 0.2) is 0 Å². The number of hydrogen-bond donors (Lipinski definition) is 0. The van der Waals surface area contributed by atoms with E-state index in [-0.39, 0.29) is 0 Å². The minimum absolute atomic E-state index is 0.343. The normalized spacial score (nSPS) is 7.70. The molecule has 0 spiro atoms. The van der Waals surface area contributed by atoms with Crippen LogP contribution in [-0.4, -0.2) is 13.3 Å². The highest BCUT2D eigenvalue weighted by atomic mass is 19.4. The van der Waals surface area contributed by atoms with E-state index in [0.29, 0.717) is 18.6 Å². The van der Waals surface area contributed by atoms with Crippen molar-refractivity contribution in [1.82, 2.24) is 0 Å². The van der Waals surface area contributed by atoms with Gasteiger partial charge in [-0.15, -0.1) is 0 Å². The van der Waals surface area contributed by atoms with Crippen LogP contribution in [0.1, 0.15) is 26.7 Å². The minimum Gasteiger partial charge on any atom is -0.300 e. The number of carbonyl (C=O) groups excluding carboxylic acids is 1. The Morgan fingerprint density at radius 2 is 1.40 bits per heavy atom. The van der Waals surface area contributed by atoms with E-state index in [1.807, 2.05) is 13.8 Å². The Morgan fingerprint density at radius 3 is 1.40 bits per heavy atom. The van der Waals surface area contributed by atoms with E-state index in [4.69, 9.17) is 0 Å². The van der Waals surface area contributed by atoms with Crippen LogP contribution in [0.3, 0.4) is 0 Å². The third-order valence-corrected chi connectivity index (χ3v) is 0.789. The molecule has 0 aromatic carbocycles. The zero-order valence-corrected chi connectivity index (χ0v) is 6.03. The monoisotopic (exact) mass is 154 g/mol. The second-order valence-electron chi connectivity index (χ2n) is 1.49. The highest BCUT2D eigenvalue weighted by molar-refractivity contribution is 6.33. The molecule has 0 bridgehead atoms. The Morgan fingerprint density at radius 1 is 1.20 bits per heavy atom. The predicted molar refractivity (Wildman–Crippen MR) is 34.7 cm³/mol. The molecular weight excluding hydrogens is 144 g/mol. The molecule has 60 valence electrons. The van der Waals surface area contributed by atoms with Crippen molar-refractivity contribution in [3.8, 4) is 0 Å². The maximum atomic E-state index is 10.2. The van der Waals surface area contributed by atoms with Gasteiger partial charge >= 0.3 is 7.54 Å². The van der Waals surface area contributed by atoms with Crippen molar-refractivity contribution in [1.29, 1.82) is 0 Å². The molecule has 10 heavy (non-hydrogen) atoms. The predicted octanol–water partition coefficient (Wildman–Crippen LogP) is 2.26. The third-order valence-electron chi connectivity index (χ3n) is 0.789. The molecule has 0 radical (unpaired) electrons. The van der Waals surface area contributed by atoms with Gasteiger partial charge in [0.25, 0.3) is 0 Å². The average Bonchev–Trinajstić information content (AvgIpc) is 1.85. The zero-order valence-electron chi connectivity index (χ0n) is 6.03. The maximum Gasteiger partial charge on any atom is 0.762 e. The van der Waals surface area contributed by atoms with Crippen LogP contribution in [0.2, 0.25) is 0 Å². The minimum atomic E-state index is -3.67. The van der Waals surface area contributed by atoms with Gasteiger partial charge in [-0.2, -0.15) is 0 Å². The number of rotatable bonds is 2. The number of ketones is 1. The molecule has 0 aliphatic rings. The lowest BCUT2D eigenvalue weighted by Gasteiger charge is -1.81. The summed E-state index contributed by atoms with van der Waals surface area (Å²) in [5, 5.41) is 0. The fraction of sp³-hybridized carbons (Fsp3) is 0.800.